The zero-order valence-corrected chi connectivity index (χ0v) is 29.8. The second-order valence-corrected chi connectivity index (χ2v) is 13.6. The van der Waals surface area contributed by atoms with Crippen molar-refractivity contribution in [3.05, 3.63) is 131 Å². The summed E-state index contributed by atoms with van der Waals surface area (Å²) in [5.41, 5.74) is 8.76. The number of thioether (sulfide) groups is 2. The van der Waals surface area contributed by atoms with Gasteiger partial charge in [-0.1, -0.05) is 84.9 Å². The standard InChI is InChI=1S/C20H23NO3S.C19H21NO3S/c1-15(22)21-12-13-25-20(17-8-10-18(24-2)11-9-17)14-19(23)16-6-4-3-5-7-16;1-23-16-9-7-15(8-10-16)18(24-12-11-19(20)22)13-17(21)14-5-3-2-4-6-14/h3-11,20H,12-14H2,1-2H3,(H,21,22);2-10,18H,11-13H2,1H3,(H2,20,22). The van der Waals surface area contributed by atoms with Gasteiger partial charge in [0.15, 0.2) is 11.6 Å². The molecule has 0 bridgehead atoms. The molecular weight excluding hydrogens is 657 g/mol. The first-order chi connectivity index (χ1) is 23.7. The molecule has 0 fully saturated rings. The van der Waals surface area contributed by atoms with Crippen LogP contribution in [0, 0.1) is 0 Å². The molecular formula is C39H44N2O6S2. The number of nitrogens with two attached hydrogens (primary N) is 1. The Morgan fingerprint density at radius 3 is 1.41 bits per heavy atom. The molecule has 4 rings (SSSR count). The van der Waals surface area contributed by atoms with Crippen LogP contribution in [0.25, 0.3) is 0 Å². The van der Waals surface area contributed by atoms with Gasteiger partial charge in [0, 0.05) is 65.9 Å². The molecule has 0 aromatic heterocycles. The van der Waals surface area contributed by atoms with E-state index in [1.165, 1.54) is 6.92 Å². The van der Waals surface area contributed by atoms with Gasteiger partial charge in [-0.05, 0) is 35.4 Å². The predicted molar refractivity (Wildman–Crippen MR) is 200 cm³/mol. The monoisotopic (exact) mass is 700 g/mol. The summed E-state index contributed by atoms with van der Waals surface area (Å²) in [5, 5.41) is 2.80. The van der Waals surface area contributed by atoms with E-state index in [2.05, 4.69) is 5.32 Å². The Balaban J connectivity index is 0.000000266. The highest BCUT2D eigenvalue weighted by molar-refractivity contribution is 7.99. The van der Waals surface area contributed by atoms with Gasteiger partial charge in [0.25, 0.3) is 0 Å². The summed E-state index contributed by atoms with van der Waals surface area (Å²) in [6, 6.07) is 34.1. The number of primary amides is 1. The Morgan fingerprint density at radius 2 is 1.04 bits per heavy atom. The first kappa shape index (κ1) is 38.9. The van der Waals surface area contributed by atoms with Crippen LogP contribution in [0.3, 0.4) is 0 Å². The summed E-state index contributed by atoms with van der Waals surface area (Å²) in [6.45, 7) is 2.09. The fourth-order valence-electron chi connectivity index (χ4n) is 4.73. The maximum atomic E-state index is 12.6. The van der Waals surface area contributed by atoms with Gasteiger partial charge in [-0.15, -0.1) is 0 Å². The second-order valence-electron chi connectivity index (χ2n) is 11.0. The quantitative estimate of drug-likeness (QED) is 0.0808. The Hall–Kier alpha value is -4.54. The number of ketones is 2. The minimum absolute atomic E-state index is 0.0250. The lowest BCUT2D eigenvalue weighted by molar-refractivity contribution is -0.119. The number of carbonyl (C=O) groups is 4. The Bertz CT molecular complexity index is 1600. The topological polar surface area (TPSA) is 125 Å². The van der Waals surface area contributed by atoms with Gasteiger partial charge in [-0.3, -0.25) is 19.2 Å². The summed E-state index contributed by atoms with van der Waals surface area (Å²) in [5.74, 6) is 2.74. The molecule has 49 heavy (non-hydrogen) atoms. The Kier molecular flexibility index (Phi) is 17.0. The van der Waals surface area contributed by atoms with Crippen molar-refractivity contribution in [3.63, 3.8) is 0 Å². The number of rotatable bonds is 18. The average molecular weight is 701 g/mol. The van der Waals surface area contributed by atoms with Gasteiger partial charge in [0.2, 0.25) is 11.8 Å². The fraction of sp³-hybridized carbons (Fsp3) is 0.282. The maximum absolute atomic E-state index is 12.6. The van der Waals surface area contributed by atoms with Crippen molar-refractivity contribution < 1.29 is 28.7 Å². The summed E-state index contributed by atoms with van der Waals surface area (Å²) in [4.78, 5) is 47.1. The Labute approximate surface area is 297 Å². The predicted octanol–water partition coefficient (Wildman–Crippen LogP) is 7.50. The molecule has 0 saturated carbocycles. The first-order valence-electron chi connectivity index (χ1n) is 15.9. The lowest BCUT2D eigenvalue weighted by atomic mass is 10.0. The molecule has 0 aliphatic carbocycles. The van der Waals surface area contributed by atoms with Crippen molar-refractivity contribution in [1.82, 2.24) is 5.32 Å². The van der Waals surface area contributed by atoms with E-state index in [9.17, 15) is 19.2 Å². The van der Waals surface area contributed by atoms with Gasteiger partial charge in [-0.25, -0.2) is 0 Å². The molecule has 0 aliphatic rings. The van der Waals surface area contributed by atoms with E-state index in [4.69, 9.17) is 15.2 Å². The smallest absolute Gasteiger partial charge is 0.218 e. The van der Waals surface area contributed by atoms with Crippen LogP contribution < -0.4 is 20.5 Å². The molecule has 3 N–H and O–H groups in total. The highest BCUT2D eigenvalue weighted by atomic mass is 32.2. The molecule has 4 aromatic carbocycles. The van der Waals surface area contributed by atoms with E-state index in [0.717, 1.165) is 33.9 Å². The highest BCUT2D eigenvalue weighted by Crippen LogP contribution is 2.35. The lowest BCUT2D eigenvalue weighted by Crippen LogP contribution is -2.22. The fourth-order valence-corrected chi connectivity index (χ4v) is 7.08. The third kappa shape index (κ3) is 14.2. The van der Waals surface area contributed by atoms with Gasteiger partial charge >= 0.3 is 0 Å². The molecule has 4 aromatic rings. The summed E-state index contributed by atoms with van der Waals surface area (Å²) >= 11 is 3.25. The normalized spacial score (nSPS) is 11.7. The minimum atomic E-state index is -0.328. The number of Topliss-reactive ketones (excluding diaryl/α,β-unsaturated/α-hetero) is 2. The zero-order valence-electron chi connectivity index (χ0n) is 28.1. The lowest BCUT2D eigenvalue weighted by Gasteiger charge is -2.17. The Morgan fingerprint density at radius 1 is 0.633 bits per heavy atom. The van der Waals surface area contributed by atoms with E-state index < -0.39 is 0 Å². The van der Waals surface area contributed by atoms with E-state index >= 15 is 0 Å². The third-order valence-electron chi connectivity index (χ3n) is 7.37. The molecule has 10 heteroatoms. The summed E-state index contributed by atoms with van der Waals surface area (Å²) in [7, 11) is 3.25. The number of carbonyl (C=O) groups excluding carboxylic acids is 4. The van der Waals surface area contributed by atoms with Crippen LogP contribution in [0.2, 0.25) is 0 Å². The van der Waals surface area contributed by atoms with Crippen molar-refractivity contribution in [2.24, 2.45) is 5.73 Å². The van der Waals surface area contributed by atoms with E-state index in [1.54, 1.807) is 37.7 Å². The number of benzene rings is 4. The van der Waals surface area contributed by atoms with Gasteiger partial charge in [-0.2, -0.15) is 23.5 Å². The van der Waals surface area contributed by atoms with Crippen molar-refractivity contribution in [2.45, 2.75) is 36.7 Å². The molecule has 2 amide bonds. The largest absolute Gasteiger partial charge is 0.497 e. The summed E-state index contributed by atoms with van der Waals surface area (Å²) in [6.07, 6.45) is 1.09. The van der Waals surface area contributed by atoms with Crippen molar-refractivity contribution in [2.75, 3.05) is 32.3 Å². The van der Waals surface area contributed by atoms with Crippen LogP contribution >= 0.6 is 23.5 Å². The molecule has 2 atom stereocenters. The zero-order chi connectivity index (χ0) is 35.4. The molecule has 2 unspecified atom stereocenters. The van der Waals surface area contributed by atoms with Crippen LogP contribution in [0.1, 0.15) is 68.5 Å². The second kappa shape index (κ2) is 21.4. The first-order valence-corrected chi connectivity index (χ1v) is 18.0. The SMILES string of the molecule is COc1ccc(C(CC(=O)c2ccccc2)SCCC(N)=O)cc1.COc1ccc(C(CC(=O)c2ccccc2)SCCNC(C)=O)cc1. The number of hydrogen-bond acceptors (Lipinski definition) is 8. The van der Waals surface area contributed by atoms with Crippen molar-refractivity contribution in [1.29, 1.82) is 0 Å². The van der Waals surface area contributed by atoms with Crippen molar-refractivity contribution >= 4 is 46.9 Å². The van der Waals surface area contributed by atoms with Crippen LogP contribution in [0.15, 0.2) is 109 Å². The summed E-state index contributed by atoms with van der Waals surface area (Å²) < 4.78 is 10.4. The minimum Gasteiger partial charge on any atom is -0.497 e. The van der Waals surface area contributed by atoms with E-state index in [-0.39, 0.29) is 33.9 Å². The van der Waals surface area contributed by atoms with Crippen LogP contribution in [-0.2, 0) is 9.59 Å². The molecule has 8 nitrogen and oxygen atoms in total. The number of nitrogens with one attached hydrogen (secondary N) is 1. The molecule has 0 heterocycles. The van der Waals surface area contributed by atoms with Gasteiger partial charge in [0.05, 0.1) is 14.2 Å². The van der Waals surface area contributed by atoms with Crippen molar-refractivity contribution in [3.8, 4) is 11.5 Å². The van der Waals surface area contributed by atoms with Crippen LogP contribution in [-0.4, -0.2) is 55.7 Å². The van der Waals surface area contributed by atoms with Crippen LogP contribution in [0.4, 0.5) is 0 Å². The molecule has 0 radical (unpaired) electrons. The number of ether oxygens (including phenoxy) is 2. The third-order valence-corrected chi connectivity index (χ3v) is 9.93. The highest BCUT2D eigenvalue weighted by Gasteiger charge is 2.19. The molecule has 0 spiro atoms. The van der Waals surface area contributed by atoms with Crippen LogP contribution in [0.5, 0.6) is 11.5 Å². The molecule has 0 aliphatic heterocycles. The van der Waals surface area contributed by atoms with E-state index in [1.807, 2.05) is 109 Å². The number of amides is 2. The maximum Gasteiger partial charge on any atom is 0.218 e. The number of hydrogen-bond donors (Lipinski definition) is 2. The van der Waals surface area contributed by atoms with Gasteiger partial charge in [0.1, 0.15) is 11.5 Å². The van der Waals surface area contributed by atoms with E-state index in [0.29, 0.717) is 37.1 Å². The van der Waals surface area contributed by atoms with Gasteiger partial charge < -0.3 is 20.5 Å². The average Bonchev–Trinajstić information content (AvgIpc) is 3.13. The molecule has 0 saturated heterocycles. The molecule has 258 valence electrons. The number of methoxy groups -OCH3 is 2.